The molecule has 8 rings (SSSR count). The molecule has 2 N–H and O–H groups in total. The molecule has 2 aliphatic heterocycles. The molecule has 13 heteroatoms. The number of carbonyl (C=O) groups excluding carboxylic acids is 2. The van der Waals surface area contributed by atoms with Crippen molar-refractivity contribution in [1.82, 2.24) is 35.2 Å². The van der Waals surface area contributed by atoms with Gasteiger partial charge in [-0.3, -0.25) is 29.5 Å². The monoisotopic (exact) mass is 760 g/mol. The molecule has 10 nitrogen and oxygen atoms in total. The smallest absolute Gasteiger partial charge is 0.235 e. The fraction of sp³-hybridized carbons (Fsp3) is 0.349. The molecule has 0 saturated carbocycles. The number of nitrogens with one attached hydrogen (secondary N) is 2. The molecule has 5 heterocycles. The molecule has 0 aliphatic carbocycles. The number of hydrogen-bond donors (Lipinski definition) is 2. The summed E-state index contributed by atoms with van der Waals surface area (Å²) in [6.07, 6.45) is 2.77. The minimum absolute atomic E-state index is 0.00314. The number of likely N-dealkylation sites (tertiary alicyclic amines) is 1. The molecule has 2 saturated heterocycles. The summed E-state index contributed by atoms with van der Waals surface area (Å²) in [4.78, 5) is 31.5. The van der Waals surface area contributed by atoms with Crippen LogP contribution in [0, 0.1) is 18.6 Å². The molecular weight excluding hydrogens is 718 g/mol. The highest BCUT2D eigenvalue weighted by Crippen LogP contribution is 2.38. The van der Waals surface area contributed by atoms with Crippen molar-refractivity contribution in [3.05, 3.63) is 112 Å². The Bertz CT molecular complexity index is 2490. The Kier molecular flexibility index (Phi) is 10.0. The van der Waals surface area contributed by atoms with Gasteiger partial charge < -0.3 is 5.32 Å². The number of halogens is 3. The summed E-state index contributed by atoms with van der Waals surface area (Å²) in [5.41, 5.74) is 5.83. The number of amides is 2. The van der Waals surface area contributed by atoms with Crippen molar-refractivity contribution in [2.45, 2.75) is 77.0 Å². The highest BCUT2D eigenvalue weighted by molar-refractivity contribution is 6.02. The van der Waals surface area contributed by atoms with Crippen LogP contribution in [-0.4, -0.2) is 54.8 Å². The first-order valence-electron chi connectivity index (χ1n) is 19.1. The first-order chi connectivity index (χ1) is 27.0. The van der Waals surface area contributed by atoms with E-state index >= 15 is 8.78 Å². The fourth-order valence-electron chi connectivity index (χ4n) is 8.36. The Balaban J connectivity index is 0.995. The highest BCUT2D eigenvalue weighted by atomic mass is 19.1. The lowest BCUT2D eigenvalue weighted by molar-refractivity contribution is -0.134. The van der Waals surface area contributed by atoms with E-state index in [-0.39, 0.29) is 29.1 Å². The number of anilines is 1. The third-order valence-corrected chi connectivity index (χ3v) is 11.4. The SMILES string of the molecule is Cc1nnc(NC(C)c2cccc(C(C)F)c2F)c2cc(-c3ccc(F)c(CN4CCC(c5cccc6c(C7CCC(=O)NC7=O)nn(C)c56)CC4)c3)ncc12. The minimum atomic E-state index is -1.44. The van der Waals surface area contributed by atoms with Crippen LogP contribution >= 0.6 is 0 Å². The van der Waals surface area contributed by atoms with Crippen LogP contribution in [0.15, 0.2) is 66.9 Å². The van der Waals surface area contributed by atoms with Crippen LogP contribution in [0.25, 0.3) is 32.9 Å². The number of aromatic nitrogens is 5. The lowest BCUT2D eigenvalue weighted by Crippen LogP contribution is -2.39. The molecule has 0 bridgehead atoms. The number of nitrogens with zero attached hydrogens (tertiary/aromatic N) is 6. The van der Waals surface area contributed by atoms with Crippen LogP contribution in [-0.2, 0) is 23.2 Å². The molecule has 6 aromatic rings. The first-order valence-corrected chi connectivity index (χ1v) is 19.1. The van der Waals surface area contributed by atoms with Crippen molar-refractivity contribution < 1.29 is 22.8 Å². The summed E-state index contributed by atoms with van der Waals surface area (Å²) in [5, 5.41) is 21.6. The van der Waals surface area contributed by atoms with Gasteiger partial charge in [0.25, 0.3) is 0 Å². The van der Waals surface area contributed by atoms with E-state index in [0.717, 1.165) is 53.2 Å². The van der Waals surface area contributed by atoms with Gasteiger partial charge in [0.2, 0.25) is 11.8 Å². The van der Waals surface area contributed by atoms with Gasteiger partial charge in [-0.25, -0.2) is 13.2 Å². The number of imide groups is 1. The largest absolute Gasteiger partial charge is 0.361 e. The topological polar surface area (TPSA) is 118 Å². The van der Waals surface area contributed by atoms with E-state index in [2.05, 4.69) is 31.8 Å². The number of alkyl halides is 1. The van der Waals surface area contributed by atoms with Crippen LogP contribution < -0.4 is 10.6 Å². The van der Waals surface area contributed by atoms with Gasteiger partial charge in [0, 0.05) is 64.6 Å². The molecule has 2 fully saturated rings. The Labute approximate surface area is 322 Å². The van der Waals surface area contributed by atoms with E-state index in [9.17, 15) is 14.0 Å². The van der Waals surface area contributed by atoms with Crippen molar-refractivity contribution in [1.29, 1.82) is 0 Å². The number of hydrogen-bond acceptors (Lipinski definition) is 8. The van der Waals surface area contributed by atoms with Crippen molar-refractivity contribution >= 4 is 39.3 Å². The van der Waals surface area contributed by atoms with Gasteiger partial charge in [-0.15, -0.1) is 5.10 Å². The van der Waals surface area contributed by atoms with Crippen molar-refractivity contribution in [3.8, 4) is 11.3 Å². The molecule has 0 spiro atoms. The van der Waals surface area contributed by atoms with Gasteiger partial charge in [-0.05, 0) is 88.9 Å². The molecule has 2 aliphatic rings. The van der Waals surface area contributed by atoms with Crippen LogP contribution in [0.4, 0.5) is 19.0 Å². The summed E-state index contributed by atoms with van der Waals surface area (Å²) in [6, 6.07) is 17.2. The zero-order valence-corrected chi connectivity index (χ0v) is 31.7. The van der Waals surface area contributed by atoms with E-state index in [1.807, 2.05) is 42.9 Å². The molecule has 0 radical (unpaired) electrons. The predicted octanol–water partition coefficient (Wildman–Crippen LogP) is 8.27. The molecule has 288 valence electrons. The average Bonchev–Trinajstić information content (AvgIpc) is 3.52. The van der Waals surface area contributed by atoms with E-state index in [4.69, 9.17) is 10.1 Å². The second-order valence-corrected chi connectivity index (χ2v) is 15.1. The maximum atomic E-state index is 15.4. The Morgan fingerprint density at radius 1 is 0.929 bits per heavy atom. The number of aryl methyl sites for hydroxylation is 2. The van der Waals surface area contributed by atoms with Gasteiger partial charge in [-0.1, -0.05) is 36.4 Å². The fourth-order valence-corrected chi connectivity index (χ4v) is 8.36. The van der Waals surface area contributed by atoms with Crippen LogP contribution in [0.5, 0.6) is 0 Å². The van der Waals surface area contributed by atoms with Crippen molar-refractivity contribution in [2.75, 3.05) is 18.4 Å². The number of carbonyl (C=O) groups is 2. The highest BCUT2D eigenvalue weighted by Gasteiger charge is 2.33. The molecule has 2 amide bonds. The minimum Gasteiger partial charge on any atom is -0.361 e. The zero-order valence-electron chi connectivity index (χ0n) is 31.7. The summed E-state index contributed by atoms with van der Waals surface area (Å²) in [7, 11) is 1.90. The van der Waals surface area contributed by atoms with Gasteiger partial charge >= 0.3 is 0 Å². The van der Waals surface area contributed by atoms with Gasteiger partial charge in [-0.2, -0.15) is 10.2 Å². The summed E-state index contributed by atoms with van der Waals surface area (Å²) in [6.45, 7) is 6.92. The third kappa shape index (κ3) is 7.00. The standard InChI is InChI=1S/C43H43F3N8O2/c1-23(44)29-7-5-8-30(39(29)46)24(2)48-42-34-20-37(47-21-35(34)25(3)50-51-42)27-11-13-36(45)28(19-27)22-54-17-15-26(16-18-54)31-9-6-10-32-40(52-53(4)41(31)32)33-12-14-38(55)49-43(33)56/h5-11,13,19-21,23-24,26,33H,12,14-18,22H2,1-4H3,(H,48,51)(H,49,55,56). The number of pyridine rings is 1. The van der Waals surface area contributed by atoms with E-state index in [1.165, 1.54) is 24.6 Å². The van der Waals surface area contributed by atoms with Gasteiger partial charge in [0.15, 0.2) is 5.82 Å². The first kappa shape index (κ1) is 37.2. The summed E-state index contributed by atoms with van der Waals surface area (Å²) in [5.74, 6) is -1.19. The Morgan fingerprint density at radius 2 is 1.70 bits per heavy atom. The van der Waals surface area contributed by atoms with E-state index < -0.39 is 23.9 Å². The van der Waals surface area contributed by atoms with E-state index in [0.29, 0.717) is 53.4 Å². The molecular formula is C43H43F3N8O2. The van der Waals surface area contributed by atoms with E-state index in [1.54, 1.807) is 31.3 Å². The third-order valence-electron chi connectivity index (χ3n) is 11.4. The second-order valence-electron chi connectivity index (χ2n) is 15.1. The summed E-state index contributed by atoms with van der Waals surface area (Å²) >= 11 is 0. The normalized spacial score (nSPS) is 18.0. The van der Waals surface area contributed by atoms with Crippen LogP contribution in [0.3, 0.4) is 0 Å². The molecule has 56 heavy (non-hydrogen) atoms. The van der Waals surface area contributed by atoms with Gasteiger partial charge in [0.1, 0.15) is 17.8 Å². The number of rotatable bonds is 9. The molecule has 3 atom stereocenters. The van der Waals surface area contributed by atoms with Crippen LogP contribution in [0.1, 0.15) is 97.2 Å². The predicted molar refractivity (Wildman–Crippen MR) is 209 cm³/mol. The Morgan fingerprint density at radius 3 is 2.46 bits per heavy atom. The lowest BCUT2D eigenvalue weighted by Gasteiger charge is -2.32. The second kappa shape index (κ2) is 15.1. The van der Waals surface area contributed by atoms with Crippen molar-refractivity contribution in [3.63, 3.8) is 0 Å². The quantitative estimate of drug-likeness (QED) is 0.142. The average molecular weight is 761 g/mol. The summed E-state index contributed by atoms with van der Waals surface area (Å²) < 4.78 is 46.6. The molecule has 3 unspecified atom stereocenters. The zero-order chi connectivity index (χ0) is 39.2. The number of piperidine rings is 2. The van der Waals surface area contributed by atoms with Crippen molar-refractivity contribution in [2.24, 2.45) is 7.05 Å². The number of fused-ring (bicyclic) bond motifs is 2. The maximum Gasteiger partial charge on any atom is 0.235 e. The maximum absolute atomic E-state index is 15.4. The number of benzene rings is 3. The lowest BCUT2D eigenvalue weighted by atomic mass is 9.86. The number of para-hydroxylation sites is 1. The van der Waals surface area contributed by atoms with Gasteiger partial charge in [0.05, 0.1) is 34.6 Å². The Hall–Kier alpha value is -5.69. The molecule has 3 aromatic heterocycles. The van der Waals surface area contributed by atoms with Crippen LogP contribution in [0.2, 0.25) is 0 Å². The molecule has 3 aromatic carbocycles.